The summed E-state index contributed by atoms with van der Waals surface area (Å²) in [7, 11) is 0. The number of hydrazine groups is 1. The molecule has 0 aliphatic heterocycles. The van der Waals surface area contributed by atoms with Gasteiger partial charge in [0.2, 0.25) is 5.91 Å². The minimum Gasteiger partial charge on any atom is -0.358 e. The molecular weight excluding hydrogens is 262 g/mol. The number of amides is 1. The van der Waals surface area contributed by atoms with Gasteiger partial charge in [-0.05, 0) is 17.8 Å². The minimum absolute atomic E-state index is 0.0301. The van der Waals surface area contributed by atoms with Gasteiger partial charge in [0.25, 0.3) is 0 Å². The smallest absolute Gasteiger partial charge is 0.358 e. The molecule has 18 heavy (non-hydrogen) atoms. The van der Waals surface area contributed by atoms with Gasteiger partial charge in [0.1, 0.15) is 0 Å². The van der Waals surface area contributed by atoms with Crippen LogP contribution in [-0.4, -0.2) is 20.6 Å². The molecule has 0 aliphatic rings. The second-order valence-corrected chi connectivity index (χ2v) is 4.11. The lowest BCUT2D eigenvalue weighted by molar-refractivity contribution is -0.389. The summed E-state index contributed by atoms with van der Waals surface area (Å²) < 4.78 is 1.43. The van der Waals surface area contributed by atoms with E-state index in [1.807, 2.05) is 5.43 Å². The summed E-state index contributed by atoms with van der Waals surface area (Å²) in [4.78, 5) is 20.7. The second kappa shape index (κ2) is 6.92. The molecule has 0 aliphatic carbocycles. The molecule has 1 heterocycles. The molecule has 0 spiro atoms. The molecule has 1 amide bonds. The van der Waals surface area contributed by atoms with E-state index in [9.17, 15) is 14.9 Å². The number of halogens is 1. The normalized spacial score (nSPS) is 10.3. The number of unbranched alkanes of at least 4 members (excludes halogenated alkanes) is 2. The molecule has 8 nitrogen and oxygen atoms in total. The molecule has 0 atom stereocenters. The number of nitrogens with zero attached hydrogens (tertiary/aromatic N) is 3. The van der Waals surface area contributed by atoms with Crippen LogP contribution in [0.5, 0.6) is 0 Å². The molecule has 0 bridgehead atoms. The molecule has 0 saturated carbocycles. The highest BCUT2D eigenvalue weighted by molar-refractivity contribution is 6.32. The zero-order valence-electron chi connectivity index (χ0n) is 9.63. The van der Waals surface area contributed by atoms with E-state index in [4.69, 9.17) is 17.4 Å². The number of hydrogen-bond donors (Lipinski definition) is 2. The molecule has 1 rings (SSSR count). The van der Waals surface area contributed by atoms with Crippen LogP contribution in [0.3, 0.4) is 0 Å². The fourth-order valence-corrected chi connectivity index (χ4v) is 1.65. The quantitative estimate of drug-likeness (QED) is 0.253. The van der Waals surface area contributed by atoms with E-state index in [0.717, 1.165) is 12.8 Å². The number of aromatic nitrogens is 2. The molecule has 0 fully saturated rings. The predicted octanol–water partition coefficient (Wildman–Crippen LogP) is 0.995. The van der Waals surface area contributed by atoms with Crippen LogP contribution in [0, 0.1) is 10.1 Å². The lowest BCUT2D eigenvalue weighted by Crippen LogP contribution is -2.29. The number of carbonyl (C=O) groups is 1. The maximum Gasteiger partial charge on any atom is 0.408 e. The van der Waals surface area contributed by atoms with Gasteiger partial charge in [0.05, 0.1) is 17.8 Å². The zero-order chi connectivity index (χ0) is 13.5. The Morgan fingerprint density at radius 2 is 2.28 bits per heavy atom. The van der Waals surface area contributed by atoms with E-state index in [-0.39, 0.29) is 16.7 Å². The first kappa shape index (κ1) is 14.4. The van der Waals surface area contributed by atoms with Crippen LogP contribution in [0.2, 0.25) is 5.02 Å². The van der Waals surface area contributed by atoms with Crippen molar-refractivity contribution in [2.75, 3.05) is 0 Å². The third-order valence-electron chi connectivity index (χ3n) is 2.32. The summed E-state index contributed by atoms with van der Waals surface area (Å²) in [5, 5.41) is 14.3. The van der Waals surface area contributed by atoms with Crippen molar-refractivity contribution in [3.05, 3.63) is 21.3 Å². The third kappa shape index (κ3) is 4.30. The maximum atomic E-state index is 10.8. The van der Waals surface area contributed by atoms with Gasteiger partial charge in [-0.25, -0.2) is 5.84 Å². The first-order valence-corrected chi connectivity index (χ1v) is 5.79. The predicted molar refractivity (Wildman–Crippen MR) is 64.7 cm³/mol. The van der Waals surface area contributed by atoms with Crippen LogP contribution >= 0.6 is 11.6 Å². The molecule has 1 aromatic heterocycles. The minimum atomic E-state index is -0.621. The summed E-state index contributed by atoms with van der Waals surface area (Å²) in [6, 6.07) is 0. The van der Waals surface area contributed by atoms with Gasteiger partial charge in [-0.2, -0.15) is 4.68 Å². The van der Waals surface area contributed by atoms with Gasteiger partial charge in [0, 0.05) is 6.42 Å². The van der Waals surface area contributed by atoms with E-state index in [0.29, 0.717) is 19.4 Å². The first-order valence-electron chi connectivity index (χ1n) is 5.41. The van der Waals surface area contributed by atoms with Crippen LogP contribution in [0.15, 0.2) is 6.20 Å². The van der Waals surface area contributed by atoms with E-state index < -0.39 is 4.92 Å². The van der Waals surface area contributed by atoms with Crippen molar-refractivity contribution in [1.82, 2.24) is 15.2 Å². The van der Waals surface area contributed by atoms with Crippen LogP contribution in [0.25, 0.3) is 0 Å². The lowest BCUT2D eigenvalue weighted by atomic mass is 10.2. The Bertz CT molecular complexity index is 434. The molecule has 0 saturated heterocycles. The zero-order valence-corrected chi connectivity index (χ0v) is 10.4. The average Bonchev–Trinajstić information content (AvgIpc) is 2.70. The Morgan fingerprint density at radius 1 is 1.56 bits per heavy atom. The molecule has 9 heteroatoms. The molecule has 0 radical (unpaired) electrons. The fourth-order valence-electron chi connectivity index (χ4n) is 1.43. The van der Waals surface area contributed by atoms with Gasteiger partial charge in [-0.15, -0.1) is 0 Å². The molecule has 0 aromatic carbocycles. The number of nitrogens with two attached hydrogens (primary N) is 1. The molecule has 3 N–H and O–H groups in total. The average molecular weight is 276 g/mol. The second-order valence-electron chi connectivity index (χ2n) is 3.70. The van der Waals surface area contributed by atoms with Gasteiger partial charge in [0.15, 0.2) is 5.02 Å². The van der Waals surface area contributed by atoms with Crippen LogP contribution < -0.4 is 11.3 Å². The fraction of sp³-hybridized carbons (Fsp3) is 0.556. The Balaban J connectivity index is 2.29. The van der Waals surface area contributed by atoms with Crippen molar-refractivity contribution in [3.8, 4) is 0 Å². The van der Waals surface area contributed by atoms with Crippen LogP contribution in [0.4, 0.5) is 5.82 Å². The number of aryl methyl sites for hydroxylation is 1. The van der Waals surface area contributed by atoms with Crippen molar-refractivity contribution in [2.24, 2.45) is 5.84 Å². The highest BCUT2D eigenvalue weighted by Gasteiger charge is 2.18. The topological polar surface area (TPSA) is 116 Å². The number of rotatable bonds is 7. The van der Waals surface area contributed by atoms with Crippen molar-refractivity contribution in [1.29, 1.82) is 0 Å². The highest BCUT2D eigenvalue weighted by atomic mass is 35.5. The number of hydrogen-bond acceptors (Lipinski definition) is 5. The Labute approximate surface area is 108 Å². The van der Waals surface area contributed by atoms with Crippen molar-refractivity contribution in [2.45, 2.75) is 32.2 Å². The van der Waals surface area contributed by atoms with E-state index >= 15 is 0 Å². The van der Waals surface area contributed by atoms with Gasteiger partial charge in [-0.1, -0.05) is 18.0 Å². The monoisotopic (exact) mass is 275 g/mol. The van der Waals surface area contributed by atoms with E-state index in [1.54, 1.807) is 0 Å². The van der Waals surface area contributed by atoms with Gasteiger partial charge < -0.3 is 10.1 Å². The highest BCUT2D eigenvalue weighted by Crippen LogP contribution is 2.21. The van der Waals surface area contributed by atoms with E-state index in [2.05, 4.69) is 5.10 Å². The van der Waals surface area contributed by atoms with Crippen LogP contribution in [0.1, 0.15) is 25.7 Å². The van der Waals surface area contributed by atoms with Gasteiger partial charge in [-0.3, -0.25) is 10.2 Å². The van der Waals surface area contributed by atoms with Crippen molar-refractivity contribution < 1.29 is 9.72 Å². The summed E-state index contributed by atoms with van der Waals surface area (Å²) in [6.45, 7) is 0.526. The number of nitro groups is 1. The van der Waals surface area contributed by atoms with Crippen molar-refractivity contribution >= 4 is 23.3 Å². The summed E-state index contributed by atoms with van der Waals surface area (Å²) in [5.74, 6) is 4.40. The van der Waals surface area contributed by atoms with Crippen LogP contribution in [-0.2, 0) is 11.3 Å². The third-order valence-corrected chi connectivity index (χ3v) is 2.59. The Morgan fingerprint density at radius 3 is 2.83 bits per heavy atom. The largest absolute Gasteiger partial charge is 0.408 e. The maximum absolute atomic E-state index is 10.8. The molecule has 0 unspecified atom stereocenters. The Hall–Kier alpha value is -1.67. The standard InChI is InChI=1S/C9H14ClN5O3/c10-7-6-14(13-9(7)15(17)18)5-3-1-2-4-8(16)12-11/h6H,1-5,11H2,(H,12,16). The molecular formula is C9H14ClN5O3. The molecule has 100 valence electrons. The SMILES string of the molecule is NNC(=O)CCCCCn1cc(Cl)c([N+](=O)[O-])n1. The summed E-state index contributed by atoms with van der Waals surface area (Å²) in [6.07, 6.45) is 4.06. The summed E-state index contributed by atoms with van der Waals surface area (Å²) in [5.41, 5.74) is 2.05. The van der Waals surface area contributed by atoms with Crippen molar-refractivity contribution in [3.63, 3.8) is 0 Å². The lowest BCUT2D eigenvalue weighted by Gasteiger charge is -1.99. The van der Waals surface area contributed by atoms with E-state index in [1.165, 1.54) is 10.9 Å². The first-order chi connectivity index (χ1) is 8.54. The number of nitrogens with one attached hydrogen (secondary N) is 1. The van der Waals surface area contributed by atoms with Gasteiger partial charge >= 0.3 is 5.82 Å². The summed E-state index contributed by atoms with van der Waals surface area (Å²) >= 11 is 5.65. The Kier molecular flexibility index (Phi) is 5.53. The number of carbonyl (C=O) groups excluding carboxylic acids is 1. The molecule has 1 aromatic rings.